The second kappa shape index (κ2) is 15.4. The lowest BCUT2D eigenvalue weighted by atomic mass is 10.0. The number of carbonyl (C=O) groups is 4. The molecule has 2 aromatic carbocycles. The van der Waals surface area contributed by atoms with Crippen LogP contribution >= 0.6 is 15.9 Å². The fraction of sp³-hybridized carbons (Fsp3) is 0.448. The van der Waals surface area contributed by atoms with Crippen molar-refractivity contribution in [2.24, 2.45) is 5.92 Å². The monoisotopic (exact) mass is 637 g/mol. The molecule has 41 heavy (non-hydrogen) atoms. The van der Waals surface area contributed by atoms with Gasteiger partial charge in [-0.3, -0.25) is 4.79 Å². The lowest BCUT2D eigenvalue weighted by molar-refractivity contribution is -0.155. The van der Waals surface area contributed by atoms with E-state index in [-0.39, 0.29) is 25.4 Å². The van der Waals surface area contributed by atoms with Gasteiger partial charge in [0.05, 0.1) is 0 Å². The predicted octanol–water partition coefficient (Wildman–Crippen LogP) is 6.15. The molecule has 0 saturated carbocycles. The summed E-state index contributed by atoms with van der Waals surface area (Å²) in [5.74, 6) is -1.77. The molecule has 3 amide bonds. The molecule has 0 unspecified atom stereocenters. The van der Waals surface area contributed by atoms with E-state index >= 15 is 0 Å². The van der Waals surface area contributed by atoms with Gasteiger partial charge in [0, 0.05) is 35.9 Å². The number of hydrogen-bond donors (Lipinski definition) is 1. The third kappa shape index (κ3) is 11.8. The van der Waals surface area contributed by atoms with Crippen molar-refractivity contribution in [2.75, 3.05) is 24.8 Å². The number of imide groups is 1. The van der Waals surface area contributed by atoms with Gasteiger partial charge >= 0.3 is 18.2 Å². The van der Waals surface area contributed by atoms with Crippen LogP contribution in [0.2, 0.25) is 0 Å². The van der Waals surface area contributed by atoms with E-state index in [1.807, 2.05) is 43.0 Å². The van der Waals surface area contributed by atoms with Crippen LogP contribution in [0, 0.1) is 11.7 Å². The number of rotatable bonds is 11. The van der Waals surface area contributed by atoms with Crippen LogP contribution in [0.4, 0.5) is 25.4 Å². The Kier molecular flexibility index (Phi) is 12.6. The van der Waals surface area contributed by atoms with Crippen molar-refractivity contribution in [3.05, 3.63) is 58.8 Å². The fourth-order valence-corrected chi connectivity index (χ4v) is 4.09. The predicted molar refractivity (Wildman–Crippen MR) is 155 cm³/mol. The highest BCUT2D eigenvalue weighted by atomic mass is 79.9. The van der Waals surface area contributed by atoms with E-state index in [0.717, 1.165) is 15.1 Å². The summed E-state index contributed by atoms with van der Waals surface area (Å²) in [6.45, 7) is 9.34. The van der Waals surface area contributed by atoms with Crippen molar-refractivity contribution >= 4 is 51.4 Å². The van der Waals surface area contributed by atoms with Gasteiger partial charge in [0.2, 0.25) is 12.7 Å². The molecular weight excluding hydrogens is 601 g/mol. The van der Waals surface area contributed by atoms with Crippen LogP contribution in [0.15, 0.2) is 53.0 Å². The van der Waals surface area contributed by atoms with Gasteiger partial charge in [0.25, 0.3) is 0 Å². The van der Waals surface area contributed by atoms with Crippen LogP contribution in [-0.2, 0) is 23.8 Å². The van der Waals surface area contributed by atoms with Crippen LogP contribution in [0.5, 0.6) is 0 Å². The number of nitrogens with zero attached hydrogens (tertiary/aromatic N) is 2. The number of anilines is 2. The number of carbonyl (C=O) groups excluding carboxylic acids is 4. The second-order valence-corrected chi connectivity index (χ2v) is 11.5. The van der Waals surface area contributed by atoms with E-state index in [2.05, 4.69) is 21.2 Å². The van der Waals surface area contributed by atoms with E-state index < -0.39 is 48.3 Å². The molecule has 0 aliphatic rings. The highest BCUT2D eigenvalue weighted by Crippen LogP contribution is 2.28. The van der Waals surface area contributed by atoms with Gasteiger partial charge in [-0.1, -0.05) is 35.8 Å². The maximum absolute atomic E-state index is 13.6. The Morgan fingerprint density at radius 1 is 0.976 bits per heavy atom. The van der Waals surface area contributed by atoms with Crippen molar-refractivity contribution in [3.8, 4) is 0 Å². The molecule has 0 bridgehead atoms. The molecule has 2 aromatic rings. The lowest BCUT2D eigenvalue weighted by Crippen LogP contribution is -2.45. The first-order chi connectivity index (χ1) is 19.2. The summed E-state index contributed by atoms with van der Waals surface area (Å²) in [7, 11) is 0. The van der Waals surface area contributed by atoms with Gasteiger partial charge in [-0.25, -0.2) is 23.7 Å². The fourth-order valence-electron chi connectivity index (χ4n) is 3.70. The first-order valence-corrected chi connectivity index (χ1v) is 13.8. The number of halogens is 2. The van der Waals surface area contributed by atoms with Gasteiger partial charge in [0.1, 0.15) is 17.5 Å². The molecule has 0 heterocycles. The third-order valence-electron chi connectivity index (χ3n) is 5.47. The minimum atomic E-state index is -1.03. The van der Waals surface area contributed by atoms with E-state index in [1.54, 1.807) is 32.9 Å². The van der Waals surface area contributed by atoms with Crippen molar-refractivity contribution in [1.82, 2.24) is 10.2 Å². The standard InChI is InChI=1S/C29H37BrFN3O7/c1-19(2)16-25(32-27(37)41-29(4,5)6)26(36)39-18-40-28(38)33(20(3)35)14-15-34(23-12-10-22(31)11-13-23)24-9-7-8-21(30)17-24/h7-13,17,19,25H,14-16,18H2,1-6H3,(H,32,37)/t25-/m0/s1. The molecule has 0 aliphatic heterocycles. The van der Waals surface area contributed by atoms with Crippen LogP contribution < -0.4 is 10.2 Å². The van der Waals surface area contributed by atoms with Gasteiger partial charge in [-0.05, 0) is 75.6 Å². The van der Waals surface area contributed by atoms with E-state index in [0.29, 0.717) is 5.69 Å². The smallest absolute Gasteiger partial charge is 0.419 e. The van der Waals surface area contributed by atoms with Crippen LogP contribution in [-0.4, -0.2) is 60.5 Å². The quantitative estimate of drug-likeness (QED) is 0.230. The van der Waals surface area contributed by atoms with Crippen molar-refractivity contribution in [3.63, 3.8) is 0 Å². The Balaban J connectivity index is 2.04. The van der Waals surface area contributed by atoms with Gasteiger partial charge in [-0.2, -0.15) is 0 Å². The molecule has 12 heteroatoms. The van der Waals surface area contributed by atoms with Crippen LogP contribution in [0.1, 0.15) is 48.0 Å². The summed E-state index contributed by atoms with van der Waals surface area (Å²) in [5, 5.41) is 2.48. The van der Waals surface area contributed by atoms with Crippen molar-refractivity contribution in [2.45, 2.75) is 59.6 Å². The van der Waals surface area contributed by atoms with Crippen LogP contribution in [0.3, 0.4) is 0 Å². The molecule has 0 saturated heterocycles. The summed E-state index contributed by atoms with van der Waals surface area (Å²) >= 11 is 3.43. The van der Waals surface area contributed by atoms with Gasteiger partial charge in [-0.15, -0.1) is 0 Å². The summed E-state index contributed by atoms with van der Waals surface area (Å²) in [6.07, 6.45) is -1.53. The molecule has 1 atom stereocenters. The van der Waals surface area contributed by atoms with E-state index in [4.69, 9.17) is 14.2 Å². The Hall–Kier alpha value is -3.67. The molecule has 1 N–H and O–H groups in total. The average molecular weight is 639 g/mol. The molecular formula is C29H37BrFN3O7. The van der Waals surface area contributed by atoms with Gasteiger partial charge in [0.15, 0.2) is 0 Å². The summed E-state index contributed by atoms with van der Waals surface area (Å²) < 4.78 is 29.7. The molecule has 0 fully saturated rings. The molecule has 0 spiro atoms. The molecule has 0 aromatic heterocycles. The highest BCUT2D eigenvalue weighted by molar-refractivity contribution is 9.10. The molecule has 224 valence electrons. The summed E-state index contributed by atoms with van der Waals surface area (Å²) in [5.41, 5.74) is 0.625. The largest absolute Gasteiger partial charge is 0.444 e. The van der Waals surface area contributed by atoms with Crippen molar-refractivity contribution < 1.29 is 37.8 Å². The minimum Gasteiger partial charge on any atom is -0.444 e. The third-order valence-corrected chi connectivity index (χ3v) is 5.97. The Morgan fingerprint density at radius 2 is 1.63 bits per heavy atom. The zero-order valence-electron chi connectivity index (χ0n) is 24.1. The number of esters is 1. The Bertz CT molecular complexity index is 1200. The van der Waals surface area contributed by atoms with Crippen molar-refractivity contribution in [1.29, 1.82) is 0 Å². The summed E-state index contributed by atoms with van der Waals surface area (Å²) in [6, 6.07) is 12.1. The second-order valence-electron chi connectivity index (χ2n) is 10.6. The Labute approximate surface area is 248 Å². The zero-order valence-corrected chi connectivity index (χ0v) is 25.7. The molecule has 0 aliphatic carbocycles. The molecule has 2 rings (SSSR count). The molecule has 10 nitrogen and oxygen atoms in total. The van der Waals surface area contributed by atoms with E-state index in [1.165, 1.54) is 19.1 Å². The highest BCUT2D eigenvalue weighted by Gasteiger charge is 2.27. The first-order valence-electron chi connectivity index (χ1n) is 13.1. The van der Waals surface area contributed by atoms with Gasteiger partial charge < -0.3 is 24.4 Å². The first kappa shape index (κ1) is 33.5. The zero-order chi connectivity index (χ0) is 30.7. The average Bonchev–Trinajstić information content (AvgIpc) is 2.85. The maximum atomic E-state index is 13.6. The number of amides is 3. The topological polar surface area (TPSA) is 114 Å². The van der Waals surface area contributed by atoms with Crippen LogP contribution in [0.25, 0.3) is 0 Å². The maximum Gasteiger partial charge on any atom is 0.419 e. The normalized spacial score (nSPS) is 11.8. The number of benzene rings is 2. The SMILES string of the molecule is CC(=O)N(CCN(c1ccc(F)cc1)c1cccc(Br)c1)C(=O)OCOC(=O)[C@H](CC(C)C)NC(=O)OC(C)(C)C. The molecule has 0 radical (unpaired) electrons. The van der Waals surface area contributed by atoms with E-state index in [9.17, 15) is 23.6 Å². The lowest BCUT2D eigenvalue weighted by Gasteiger charge is -2.28. The number of nitrogens with one attached hydrogen (secondary N) is 1. The number of hydrogen-bond acceptors (Lipinski definition) is 8. The Morgan fingerprint density at radius 3 is 2.20 bits per heavy atom. The summed E-state index contributed by atoms with van der Waals surface area (Å²) in [4.78, 5) is 52.6. The minimum absolute atomic E-state index is 0.0348. The number of ether oxygens (including phenoxy) is 3. The number of alkyl carbamates (subject to hydrolysis) is 1.